The molecule has 0 aliphatic carbocycles. The highest BCUT2D eigenvalue weighted by atomic mass is 35.5. The molecule has 0 radical (unpaired) electrons. The van der Waals surface area contributed by atoms with Crippen LogP contribution in [-0.4, -0.2) is 31.5 Å². The zero-order valence-electron chi connectivity index (χ0n) is 10.4. The van der Waals surface area contributed by atoms with Gasteiger partial charge in [-0.15, -0.1) is 12.4 Å². The van der Waals surface area contributed by atoms with Crippen molar-refractivity contribution >= 4 is 24.0 Å². The van der Waals surface area contributed by atoms with E-state index < -0.39 is 0 Å². The molecule has 1 fully saturated rings. The normalized spacial score (nSPS) is 25.4. The third-order valence-corrected chi connectivity index (χ3v) is 3.88. The predicted molar refractivity (Wildman–Crippen MR) is 74.5 cm³/mol. The van der Waals surface area contributed by atoms with Crippen LogP contribution in [0.5, 0.6) is 0 Å². The molecule has 100 valence electrons. The molecule has 0 saturated carbocycles. The molecule has 1 unspecified atom stereocenters. The van der Waals surface area contributed by atoms with Crippen LogP contribution in [0.4, 0.5) is 5.69 Å². The largest absolute Gasteiger partial charge is 0.412 e. The Bertz CT molecular complexity index is 444. The fourth-order valence-corrected chi connectivity index (χ4v) is 3.03. The van der Waals surface area contributed by atoms with Crippen molar-refractivity contribution in [2.75, 3.05) is 25.0 Å². The molecule has 1 amide bonds. The first kappa shape index (κ1) is 15.0. The van der Waals surface area contributed by atoms with Crippen molar-refractivity contribution in [1.82, 2.24) is 5.32 Å². The third-order valence-electron chi connectivity index (χ3n) is 3.88. The zero-order valence-corrected chi connectivity index (χ0v) is 11.2. The second-order valence-electron chi connectivity index (χ2n) is 4.74. The first-order valence-corrected chi connectivity index (χ1v) is 5.84. The number of nitrogens with one attached hydrogen (secondary N) is 1. The summed E-state index contributed by atoms with van der Waals surface area (Å²) in [4.78, 5) is 14.2. The van der Waals surface area contributed by atoms with Crippen molar-refractivity contribution in [3.8, 4) is 0 Å². The van der Waals surface area contributed by atoms with Crippen LogP contribution >= 0.6 is 12.4 Å². The number of likely N-dealkylation sites (N-methyl/N-ethyl adjacent to an activating group) is 1. The first-order valence-electron chi connectivity index (χ1n) is 5.84. The molecule has 1 atom stereocenters. The summed E-state index contributed by atoms with van der Waals surface area (Å²) in [5, 5.41) is 3.36. The second-order valence-corrected chi connectivity index (χ2v) is 4.74. The molecule has 3 rings (SSSR count). The van der Waals surface area contributed by atoms with Crippen molar-refractivity contribution in [2.24, 2.45) is 0 Å². The molecule has 18 heavy (non-hydrogen) atoms. The molecule has 1 aromatic carbocycles. The molecule has 1 saturated heterocycles. The van der Waals surface area contributed by atoms with Crippen LogP contribution in [-0.2, 0) is 10.2 Å². The number of nitrogens with zero attached hydrogens (tertiary/aromatic N) is 1. The molecule has 0 bridgehead atoms. The van der Waals surface area contributed by atoms with Gasteiger partial charge in [0.2, 0.25) is 5.91 Å². The quantitative estimate of drug-likeness (QED) is 0.761. The van der Waals surface area contributed by atoms with E-state index in [-0.39, 0.29) is 29.2 Å². The van der Waals surface area contributed by atoms with Crippen LogP contribution in [0.3, 0.4) is 0 Å². The molecular formula is C13H19ClN2O2. The maximum atomic E-state index is 12.4. The van der Waals surface area contributed by atoms with E-state index in [4.69, 9.17) is 0 Å². The highest BCUT2D eigenvalue weighted by Gasteiger charge is 2.49. The highest BCUT2D eigenvalue weighted by molar-refractivity contribution is 6.08. The topological polar surface area (TPSA) is 63.8 Å². The van der Waals surface area contributed by atoms with Crippen LogP contribution in [0, 0.1) is 0 Å². The minimum absolute atomic E-state index is 0. The lowest BCUT2D eigenvalue weighted by Gasteiger charge is -2.32. The molecule has 1 aromatic rings. The number of hydrogen-bond donors (Lipinski definition) is 1. The van der Waals surface area contributed by atoms with E-state index in [1.54, 1.807) is 0 Å². The Balaban J connectivity index is 0.000000810. The van der Waals surface area contributed by atoms with Crippen molar-refractivity contribution in [1.29, 1.82) is 0 Å². The fraction of sp³-hybridized carbons (Fsp3) is 0.462. The van der Waals surface area contributed by atoms with Crippen LogP contribution in [0.1, 0.15) is 18.4 Å². The van der Waals surface area contributed by atoms with Crippen molar-refractivity contribution < 1.29 is 10.3 Å². The minimum atomic E-state index is -0.288. The van der Waals surface area contributed by atoms with E-state index in [9.17, 15) is 4.79 Å². The smallest absolute Gasteiger partial charge is 0.238 e. The second kappa shape index (κ2) is 5.26. The van der Waals surface area contributed by atoms with Gasteiger partial charge in [-0.05, 0) is 31.0 Å². The van der Waals surface area contributed by atoms with Crippen LogP contribution in [0.2, 0.25) is 0 Å². The Morgan fingerprint density at radius 1 is 1.33 bits per heavy atom. The number of para-hydroxylation sites is 1. The lowest BCUT2D eigenvalue weighted by molar-refractivity contribution is -0.123. The standard InChI is InChI=1S/C13H16N2O.ClH.H2O/c1-15-11-6-3-2-5-10(11)13(12(15)16)7-4-8-14-9-13;;/h2-3,5-6,14H,4,7-9H2,1H3;1H;1H2. The number of halogens is 1. The van der Waals surface area contributed by atoms with E-state index in [1.165, 1.54) is 5.56 Å². The van der Waals surface area contributed by atoms with E-state index in [1.807, 2.05) is 30.1 Å². The number of hydrogen-bond acceptors (Lipinski definition) is 2. The lowest BCUT2D eigenvalue weighted by atomic mass is 9.76. The Labute approximate surface area is 113 Å². The molecule has 2 aliphatic rings. The summed E-state index contributed by atoms with van der Waals surface area (Å²) in [6.07, 6.45) is 2.05. The van der Waals surface area contributed by atoms with E-state index >= 15 is 0 Å². The van der Waals surface area contributed by atoms with Gasteiger partial charge in [-0.25, -0.2) is 0 Å². The lowest BCUT2D eigenvalue weighted by Crippen LogP contribution is -2.49. The number of piperidine rings is 1. The molecule has 5 heteroatoms. The predicted octanol–water partition coefficient (Wildman–Crippen LogP) is 0.881. The van der Waals surface area contributed by atoms with Gasteiger partial charge in [0.05, 0.1) is 5.41 Å². The van der Waals surface area contributed by atoms with Crippen LogP contribution in [0.25, 0.3) is 0 Å². The molecule has 2 heterocycles. The summed E-state index contributed by atoms with van der Waals surface area (Å²) in [6.45, 7) is 1.81. The fourth-order valence-electron chi connectivity index (χ4n) is 3.03. The Morgan fingerprint density at radius 2 is 2.06 bits per heavy atom. The maximum Gasteiger partial charge on any atom is 0.238 e. The SMILES string of the molecule is CN1C(=O)C2(CCCNC2)c2ccccc21.Cl.O. The van der Waals surface area contributed by atoms with Crippen molar-refractivity contribution in [3.63, 3.8) is 0 Å². The average molecular weight is 271 g/mol. The molecular weight excluding hydrogens is 252 g/mol. The summed E-state index contributed by atoms with van der Waals surface area (Å²) in [5.41, 5.74) is 2.00. The van der Waals surface area contributed by atoms with E-state index in [2.05, 4.69) is 11.4 Å². The first-order chi connectivity index (χ1) is 7.76. The third kappa shape index (κ3) is 1.81. The van der Waals surface area contributed by atoms with Gasteiger partial charge in [0.25, 0.3) is 0 Å². The number of amides is 1. The highest BCUT2D eigenvalue weighted by Crippen LogP contribution is 2.44. The Kier molecular flexibility index (Phi) is 4.37. The van der Waals surface area contributed by atoms with Gasteiger partial charge in [-0.3, -0.25) is 4.79 Å². The van der Waals surface area contributed by atoms with Gasteiger partial charge in [-0.1, -0.05) is 18.2 Å². The van der Waals surface area contributed by atoms with E-state index in [0.29, 0.717) is 0 Å². The number of anilines is 1. The Hall–Kier alpha value is -1.10. The molecule has 1 spiro atoms. The summed E-state index contributed by atoms with van der Waals surface area (Å²) in [5.74, 6) is 0.251. The van der Waals surface area contributed by atoms with Gasteiger partial charge < -0.3 is 15.7 Å². The van der Waals surface area contributed by atoms with Gasteiger partial charge >= 0.3 is 0 Å². The monoisotopic (exact) mass is 270 g/mol. The number of benzene rings is 1. The van der Waals surface area contributed by atoms with Crippen molar-refractivity contribution in [2.45, 2.75) is 18.3 Å². The molecule has 3 N–H and O–H groups in total. The van der Waals surface area contributed by atoms with E-state index in [0.717, 1.165) is 31.6 Å². The number of fused-ring (bicyclic) bond motifs is 2. The van der Waals surface area contributed by atoms with Gasteiger partial charge in [0, 0.05) is 19.3 Å². The van der Waals surface area contributed by atoms with Gasteiger partial charge in [-0.2, -0.15) is 0 Å². The van der Waals surface area contributed by atoms with Crippen molar-refractivity contribution in [3.05, 3.63) is 29.8 Å². The van der Waals surface area contributed by atoms with Gasteiger partial charge in [0.1, 0.15) is 0 Å². The molecule has 4 nitrogen and oxygen atoms in total. The summed E-state index contributed by atoms with van der Waals surface area (Å²) in [7, 11) is 1.88. The zero-order chi connectivity index (χ0) is 11.2. The molecule has 2 aliphatic heterocycles. The average Bonchev–Trinajstić information content (AvgIpc) is 2.55. The Morgan fingerprint density at radius 3 is 2.72 bits per heavy atom. The minimum Gasteiger partial charge on any atom is -0.412 e. The van der Waals surface area contributed by atoms with Gasteiger partial charge in [0.15, 0.2) is 0 Å². The van der Waals surface area contributed by atoms with Crippen LogP contribution < -0.4 is 10.2 Å². The summed E-state index contributed by atoms with van der Waals surface area (Å²) >= 11 is 0. The van der Waals surface area contributed by atoms with Crippen LogP contribution in [0.15, 0.2) is 24.3 Å². The summed E-state index contributed by atoms with van der Waals surface area (Å²) in [6, 6.07) is 8.17. The maximum absolute atomic E-state index is 12.4. The molecule has 0 aromatic heterocycles. The summed E-state index contributed by atoms with van der Waals surface area (Å²) < 4.78 is 0. The number of carbonyl (C=O) groups excluding carboxylic acids is 1. The number of rotatable bonds is 0. The number of carbonyl (C=O) groups is 1.